The first-order valence-corrected chi connectivity index (χ1v) is 6.78. The van der Waals surface area contributed by atoms with Gasteiger partial charge in [-0.25, -0.2) is 4.79 Å². The number of aliphatic carboxylic acids is 1. The highest BCUT2D eigenvalue weighted by atomic mass is 16.4. The number of benzene rings is 1. The van der Waals surface area contributed by atoms with E-state index < -0.39 is 12.0 Å². The summed E-state index contributed by atoms with van der Waals surface area (Å²) in [5.41, 5.74) is 2.44. The molecule has 21 heavy (non-hydrogen) atoms. The maximum atomic E-state index is 11.4. The largest absolute Gasteiger partial charge is 0.480 e. The van der Waals surface area contributed by atoms with Gasteiger partial charge in [0.1, 0.15) is 5.78 Å². The number of carbonyl (C=O) groups is 2. The standard InChI is InChI=1S/C16H18N2O3/c1-10(7-11(2)19)18-15(16(20)21)8-12-9-17-14-6-4-3-5-13(12)14/h3-6,9,15,17H,7-8H2,1-2H3,(H,20,21). The third-order valence-corrected chi connectivity index (χ3v) is 3.25. The van der Waals surface area contributed by atoms with Crippen molar-refractivity contribution < 1.29 is 14.7 Å². The van der Waals surface area contributed by atoms with Crippen molar-refractivity contribution in [1.82, 2.24) is 4.98 Å². The van der Waals surface area contributed by atoms with Gasteiger partial charge < -0.3 is 10.1 Å². The van der Waals surface area contributed by atoms with Crippen molar-refractivity contribution in [3.05, 3.63) is 36.0 Å². The van der Waals surface area contributed by atoms with E-state index in [1.165, 1.54) is 6.92 Å². The molecule has 0 aliphatic carbocycles. The number of aromatic amines is 1. The van der Waals surface area contributed by atoms with Gasteiger partial charge >= 0.3 is 5.97 Å². The molecule has 1 aromatic carbocycles. The van der Waals surface area contributed by atoms with Crippen molar-refractivity contribution in [2.45, 2.75) is 32.7 Å². The lowest BCUT2D eigenvalue weighted by Crippen LogP contribution is -2.22. The molecule has 2 N–H and O–H groups in total. The number of nitrogens with zero attached hydrogens (tertiary/aromatic N) is 1. The van der Waals surface area contributed by atoms with Crippen LogP contribution in [0.5, 0.6) is 0 Å². The number of ketones is 1. The zero-order valence-electron chi connectivity index (χ0n) is 12.1. The topological polar surface area (TPSA) is 82.5 Å². The molecule has 1 aromatic heterocycles. The highest BCUT2D eigenvalue weighted by Crippen LogP contribution is 2.20. The van der Waals surface area contributed by atoms with Gasteiger partial charge in [0.15, 0.2) is 6.04 Å². The van der Waals surface area contributed by atoms with Crippen molar-refractivity contribution in [2.24, 2.45) is 4.99 Å². The number of nitrogens with one attached hydrogen (secondary N) is 1. The van der Waals surface area contributed by atoms with Gasteiger partial charge in [0.25, 0.3) is 0 Å². The molecular weight excluding hydrogens is 268 g/mol. The van der Waals surface area contributed by atoms with E-state index >= 15 is 0 Å². The summed E-state index contributed by atoms with van der Waals surface area (Å²) in [6, 6.07) is 6.86. The first-order valence-electron chi connectivity index (χ1n) is 6.78. The van der Waals surface area contributed by atoms with Crippen LogP contribution in [-0.2, 0) is 16.0 Å². The highest BCUT2D eigenvalue weighted by molar-refractivity contribution is 6.00. The predicted molar refractivity (Wildman–Crippen MR) is 81.8 cm³/mol. The number of rotatable bonds is 6. The van der Waals surface area contributed by atoms with Gasteiger partial charge in [-0.2, -0.15) is 0 Å². The summed E-state index contributed by atoms with van der Waals surface area (Å²) in [5.74, 6) is -1.00. The Morgan fingerprint density at radius 1 is 1.29 bits per heavy atom. The van der Waals surface area contributed by atoms with Gasteiger partial charge in [0.05, 0.1) is 0 Å². The number of carboxylic acid groups (broad SMARTS) is 1. The molecule has 1 unspecified atom stereocenters. The Kier molecular flexibility index (Phi) is 4.52. The molecule has 2 aromatic rings. The third-order valence-electron chi connectivity index (χ3n) is 3.25. The zero-order valence-corrected chi connectivity index (χ0v) is 12.1. The number of carbonyl (C=O) groups excluding carboxylic acids is 1. The molecule has 110 valence electrons. The number of aromatic nitrogens is 1. The van der Waals surface area contributed by atoms with Crippen molar-refractivity contribution in [3.8, 4) is 0 Å². The lowest BCUT2D eigenvalue weighted by molar-refractivity contribution is -0.138. The van der Waals surface area contributed by atoms with E-state index in [0.717, 1.165) is 16.5 Å². The Morgan fingerprint density at radius 2 is 2.00 bits per heavy atom. The molecule has 5 heteroatoms. The number of carboxylic acids is 1. The number of para-hydroxylation sites is 1. The number of aliphatic imine (C=N–C) groups is 1. The van der Waals surface area contributed by atoms with Crippen LogP contribution in [0.15, 0.2) is 35.5 Å². The molecule has 0 aliphatic heterocycles. The maximum absolute atomic E-state index is 11.4. The molecule has 0 fully saturated rings. The van der Waals surface area contributed by atoms with E-state index in [-0.39, 0.29) is 12.2 Å². The minimum Gasteiger partial charge on any atom is -0.480 e. The minimum absolute atomic E-state index is 0.0208. The van der Waals surface area contributed by atoms with Crippen LogP contribution >= 0.6 is 0 Å². The number of Topliss-reactive ketones (excluding diaryl/α,β-unsaturated/α-hetero) is 1. The van der Waals surface area contributed by atoms with E-state index in [2.05, 4.69) is 9.98 Å². The lowest BCUT2D eigenvalue weighted by atomic mass is 10.1. The second kappa shape index (κ2) is 6.35. The van der Waals surface area contributed by atoms with Crippen LogP contribution < -0.4 is 0 Å². The first kappa shape index (κ1) is 15.0. The van der Waals surface area contributed by atoms with Crippen molar-refractivity contribution >= 4 is 28.4 Å². The summed E-state index contributed by atoms with van der Waals surface area (Å²) in [7, 11) is 0. The Morgan fingerprint density at radius 3 is 2.67 bits per heavy atom. The van der Waals surface area contributed by atoms with E-state index in [0.29, 0.717) is 12.1 Å². The highest BCUT2D eigenvalue weighted by Gasteiger charge is 2.19. The monoisotopic (exact) mass is 286 g/mol. The Bertz CT molecular complexity index is 700. The number of H-pyrrole nitrogens is 1. The van der Waals surface area contributed by atoms with E-state index in [9.17, 15) is 14.7 Å². The summed E-state index contributed by atoms with van der Waals surface area (Å²) >= 11 is 0. The van der Waals surface area contributed by atoms with Crippen LogP contribution in [0, 0.1) is 0 Å². The van der Waals surface area contributed by atoms with Crippen molar-refractivity contribution in [2.75, 3.05) is 0 Å². The summed E-state index contributed by atoms with van der Waals surface area (Å²) in [6.07, 6.45) is 2.31. The Hall–Kier alpha value is -2.43. The third kappa shape index (κ3) is 3.78. The molecule has 0 aliphatic rings. The van der Waals surface area contributed by atoms with Gasteiger partial charge in [-0.3, -0.25) is 9.79 Å². The Labute approximate surface area is 122 Å². The fraction of sp³-hybridized carbons (Fsp3) is 0.312. The smallest absolute Gasteiger partial charge is 0.328 e. The molecule has 2 rings (SSSR count). The summed E-state index contributed by atoms with van der Waals surface area (Å²) in [4.78, 5) is 29.7. The van der Waals surface area contributed by atoms with E-state index in [1.807, 2.05) is 30.5 Å². The average molecular weight is 286 g/mol. The molecule has 5 nitrogen and oxygen atoms in total. The summed E-state index contributed by atoms with van der Waals surface area (Å²) in [6.45, 7) is 3.15. The number of hydrogen-bond donors (Lipinski definition) is 2. The fourth-order valence-electron chi connectivity index (χ4n) is 2.37. The van der Waals surface area contributed by atoms with Gasteiger partial charge in [-0.15, -0.1) is 0 Å². The minimum atomic E-state index is -0.983. The van der Waals surface area contributed by atoms with Gasteiger partial charge in [0, 0.05) is 35.7 Å². The predicted octanol–water partition coefficient (Wildman–Crippen LogP) is 2.60. The number of hydrogen-bond acceptors (Lipinski definition) is 3. The molecule has 0 amide bonds. The second-order valence-electron chi connectivity index (χ2n) is 5.16. The van der Waals surface area contributed by atoms with Crippen LogP contribution in [0.25, 0.3) is 10.9 Å². The molecule has 1 atom stereocenters. The van der Waals surface area contributed by atoms with Crippen LogP contribution in [-0.4, -0.2) is 33.6 Å². The van der Waals surface area contributed by atoms with E-state index in [1.54, 1.807) is 6.92 Å². The quantitative estimate of drug-likeness (QED) is 0.801. The molecule has 0 spiro atoms. The average Bonchev–Trinajstić information content (AvgIpc) is 2.80. The van der Waals surface area contributed by atoms with Gasteiger partial charge in [0.2, 0.25) is 0 Å². The van der Waals surface area contributed by atoms with Crippen LogP contribution in [0.4, 0.5) is 0 Å². The molecule has 0 bridgehead atoms. The van der Waals surface area contributed by atoms with Crippen LogP contribution in [0.3, 0.4) is 0 Å². The second-order valence-corrected chi connectivity index (χ2v) is 5.16. The zero-order chi connectivity index (χ0) is 15.4. The summed E-state index contributed by atoms with van der Waals surface area (Å²) < 4.78 is 0. The maximum Gasteiger partial charge on any atom is 0.328 e. The number of fused-ring (bicyclic) bond motifs is 1. The van der Waals surface area contributed by atoms with Crippen LogP contribution in [0.1, 0.15) is 25.8 Å². The van der Waals surface area contributed by atoms with Crippen LogP contribution in [0.2, 0.25) is 0 Å². The lowest BCUT2D eigenvalue weighted by Gasteiger charge is -2.08. The molecule has 0 radical (unpaired) electrons. The van der Waals surface area contributed by atoms with Gasteiger partial charge in [-0.1, -0.05) is 18.2 Å². The molecular formula is C16H18N2O3. The Balaban J connectivity index is 2.24. The summed E-state index contributed by atoms with van der Waals surface area (Å²) in [5, 5.41) is 10.3. The molecule has 0 saturated heterocycles. The molecule has 1 heterocycles. The fourth-order valence-corrected chi connectivity index (χ4v) is 2.37. The van der Waals surface area contributed by atoms with E-state index in [4.69, 9.17) is 0 Å². The van der Waals surface area contributed by atoms with Crippen molar-refractivity contribution in [1.29, 1.82) is 0 Å². The molecule has 0 saturated carbocycles. The normalized spacial score (nSPS) is 13.3. The van der Waals surface area contributed by atoms with Crippen molar-refractivity contribution in [3.63, 3.8) is 0 Å². The SMILES string of the molecule is CC(=O)CC(C)=NC(Cc1c[nH]c2ccccc12)C(=O)O. The van der Waals surface area contributed by atoms with Gasteiger partial charge in [-0.05, 0) is 25.5 Å². The first-order chi connectivity index (χ1) is 9.97.